The monoisotopic (exact) mass is 459 g/mol. The molecule has 0 saturated carbocycles. The van der Waals surface area contributed by atoms with Crippen LogP contribution >= 0.6 is 0 Å². The van der Waals surface area contributed by atoms with Gasteiger partial charge in [0.1, 0.15) is 5.82 Å². The molecular weight excluding hydrogens is 439 g/mol. The smallest absolute Gasteiger partial charge is 0.255 e. The molecule has 0 aliphatic carbocycles. The molecule has 0 heterocycles. The molecule has 1 N–H and O–H groups in total. The van der Waals surface area contributed by atoms with Crippen LogP contribution in [0.3, 0.4) is 0 Å². The molecule has 0 spiro atoms. The SMILES string of the molecule is COc1cc(N(c2ccccc2NC(=O)c2ccc(F)cc2)S(=O)[O-])cc(OC)c1OC. The van der Waals surface area contributed by atoms with Crippen LogP contribution in [0, 0.1) is 5.82 Å². The zero-order valence-corrected chi connectivity index (χ0v) is 18.3. The van der Waals surface area contributed by atoms with Crippen LogP contribution in [-0.2, 0) is 11.3 Å². The summed E-state index contributed by atoms with van der Waals surface area (Å²) in [5.74, 6) is -0.195. The minimum Gasteiger partial charge on any atom is -0.755 e. The van der Waals surface area contributed by atoms with Crippen LogP contribution in [0.4, 0.5) is 21.5 Å². The molecule has 3 rings (SSSR count). The predicted octanol–water partition coefficient (Wildman–Crippen LogP) is 4.04. The Bertz CT molecular complexity index is 1110. The number of methoxy groups -OCH3 is 3. The second-order valence-corrected chi connectivity index (χ2v) is 7.17. The second-order valence-electron chi connectivity index (χ2n) is 6.37. The summed E-state index contributed by atoms with van der Waals surface area (Å²) in [5, 5.41) is 2.67. The highest BCUT2D eigenvalue weighted by molar-refractivity contribution is 7.81. The maximum atomic E-state index is 13.2. The Morgan fingerprint density at radius 1 is 0.969 bits per heavy atom. The van der Waals surface area contributed by atoms with Crippen molar-refractivity contribution in [3.8, 4) is 17.2 Å². The molecule has 0 radical (unpaired) electrons. The molecule has 10 heteroatoms. The number of hydrogen-bond donors (Lipinski definition) is 1. The first kappa shape index (κ1) is 23.0. The third-order valence-electron chi connectivity index (χ3n) is 4.51. The average Bonchev–Trinajstić information content (AvgIpc) is 2.79. The Morgan fingerprint density at radius 2 is 1.56 bits per heavy atom. The Balaban J connectivity index is 2.06. The molecule has 32 heavy (non-hydrogen) atoms. The summed E-state index contributed by atoms with van der Waals surface area (Å²) in [4.78, 5) is 12.6. The number of hydrogen-bond acceptors (Lipinski definition) is 6. The summed E-state index contributed by atoms with van der Waals surface area (Å²) in [6.45, 7) is 0. The number of nitrogens with one attached hydrogen (secondary N) is 1. The van der Waals surface area contributed by atoms with Crippen LogP contribution in [0.5, 0.6) is 17.2 Å². The summed E-state index contributed by atoms with van der Waals surface area (Å²) < 4.78 is 54.6. The van der Waals surface area contributed by atoms with E-state index in [1.807, 2.05) is 0 Å². The average molecular weight is 459 g/mol. The van der Waals surface area contributed by atoms with Gasteiger partial charge in [-0.15, -0.1) is 0 Å². The van der Waals surface area contributed by atoms with Crippen molar-refractivity contribution in [3.63, 3.8) is 0 Å². The van der Waals surface area contributed by atoms with Crippen molar-refractivity contribution < 1.29 is 32.2 Å². The van der Waals surface area contributed by atoms with E-state index < -0.39 is 23.0 Å². The zero-order chi connectivity index (χ0) is 23.3. The van der Waals surface area contributed by atoms with Gasteiger partial charge in [-0.2, -0.15) is 0 Å². The van der Waals surface area contributed by atoms with E-state index in [9.17, 15) is 17.9 Å². The molecule has 0 aliphatic heterocycles. The van der Waals surface area contributed by atoms with Gasteiger partial charge in [-0.25, -0.2) is 4.39 Å². The number of anilines is 3. The second kappa shape index (κ2) is 10.1. The lowest BCUT2D eigenvalue weighted by Gasteiger charge is -2.29. The summed E-state index contributed by atoms with van der Waals surface area (Å²) >= 11 is -2.78. The molecule has 0 aliphatic rings. The van der Waals surface area contributed by atoms with Crippen molar-refractivity contribution in [1.82, 2.24) is 0 Å². The molecule has 1 amide bonds. The zero-order valence-electron chi connectivity index (χ0n) is 17.5. The summed E-state index contributed by atoms with van der Waals surface area (Å²) in [6, 6.07) is 14.3. The van der Waals surface area contributed by atoms with Crippen LogP contribution in [0.2, 0.25) is 0 Å². The quantitative estimate of drug-likeness (QED) is 0.511. The van der Waals surface area contributed by atoms with Gasteiger partial charge < -0.3 is 24.1 Å². The lowest BCUT2D eigenvalue weighted by molar-refractivity contribution is 0.102. The van der Waals surface area contributed by atoms with Gasteiger partial charge in [0.15, 0.2) is 11.5 Å². The van der Waals surface area contributed by atoms with Crippen LogP contribution in [-0.4, -0.2) is 36.0 Å². The first-order chi connectivity index (χ1) is 15.4. The number of amides is 1. The van der Waals surface area contributed by atoms with Gasteiger partial charge in [-0.1, -0.05) is 12.1 Å². The Morgan fingerprint density at radius 3 is 2.09 bits per heavy atom. The van der Waals surface area contributed by atoms with Gasteiger partial charge >= 0.3 is 0 Å². The molecule has 0 fully saturated rings. The maximum absolute atomic E-state index is 13.2. The van der Waals surface area contributed by atoms with E-state index in [2.05, 4.69) is 5.32 Å². The molecule has 1 unspecified atom stereocenters. The Kier molecular flexibility index (Phi) is 7.29. The van der Waals surface area contributed by atoms with Gasteiger partial charge in [0.25, 0.3) is 5.91 Å². The lowest BCUT2D eigenvalue weighted by Crippen LogP contribution is -2.22. The maximum Gasteiger partial charge on any atom is 0.255 e. The number of carbonyl (C=O) groups is 1. The van der Waals surface area contributed by atoms with Crippen molar-refractivity contribution in [1.29, 1.82) is 0 Å². The van der Waals surface area contributed by atoms with E-state index in [4.69, 9.17) is 14.2 Å². The molecule has 3 aromatic rings. The number of carbonyl (C=O) groups excluding carboxylic acids is 1. The summed E-state index contributed by atoms with van der Waals surface area (Å²) in [6.07, 6.45) is 0. The molecule has 1 atom stereocenters. The van der Waals surface area contributed by atoms with E-state index in [1.54, 1.807) is 18.2 Å². The fourth-order valence-corrected chi connectivity index (χ4v) is 3.64. The Hall–Kier alpha value is -3.63. The third kappa shape index (κ3) is 4.82. The molecule has 0 bridgehead atoms. The van der Waals surface area contributed by atoms with Crippen molar-refractivity contribution >= 4 is 34.2 Å². The molecule has 0 saturated heterocycles. The largest absolute Gasteiger partial charge is 0.755 e. The number of halogens is 1. The first-order valence-electron chi connectivity index (χ1n) is 9.25. The molecule has 8 nitrogen and oxygen atoms in total. The van der Waals surface area contributed by atoms with Gasteiger partial charge in [0.05, 0.1) is 49.7 Å². The highest BCUT2D eigenvalue weighted by atomic mass is 32.2. The molecule has 3 aromatic carbocycles. The molecule has 0 aromatic heterocycles. The Labute approximate surface area is 186 Å². The fraction of sp³-hybridized carbons (Fsp3) is 0.136. The van der Waals surface area contributed by atoms with E-state index in [0.29, 0.717) is 5.75 Å². The van der Waals surface area contributed by atoms with E-state index in [-0.39, 0.29) is 34.1 Å². The van der Waals surface area contributed by atoms with Crippen molar-refractivity contribution in [2.24, 2.45) is 0 Å². The van der Waals surface area contributed by atoms with Crippen molar-refractivity contribution in [2.75, 3.05) is 31.0 Å². The minimum atomic E-state index is -2.78. The number of para-hydroxylation sites is 2. The lowest BCUT2D eigenvalue weighted by atomic mass is 10.2. The van der Waals surface area contributed by atoms with Crippen LogP contribution in [0.1, 0.15) is 10.4 Å². The fourth-order valence-electron chi connectivity index (χ4n) is 3.04. The van der Waals surface area contributed by atoms with E-state index >= 15 is 0 Å². The molecule has 168 valence electrons. The van der Waals surface area contributed by atoms with Crippen LogP contribution in [0.25, 0.3) is 0 Å². The van der Waals surface area contributed by atoms with E-state index in [0.717, 1.165) is 16.4 Å². The van der Waals surface area contributed by atoms with Crippen molar-refractivity contribution in [2.45, 2.75) is 0 Å². The number of rotatable bonds is 8. The number of ether oxygens (including phenoxy) is 3. The topological polar surface area (TPSA) is 100 Å². The van der Waals surface area contributed by atoms with Crippen LogP contribution in [0.15, 0.2) is 60.7 Å². The van der Waals surface area contributed by atoms with Gasteiger partial charge in [0.2, 0.25) is 5.75 Å². The number of nitrogens with zero attached hydrogens (tertiary/aromatic N) is 1. The van der Waals surface area contributed by atoms with Gasteiger partial charge in [-0.3, -0.25) is 13.3 Å². The highest BCUT2D eigenvalue weighted by Crippen LogP contribution is 2.44. The van der Waals surface area contributed by atoms with Crippen LogP contribution < -0.4 is 23.8 Å². The molecular formula is C22H20FN2O6S-. The third-order valence-corrected chi connectivity index (χ3v) is 5.22. The van der Waals surface area contributed by atoms with Gasteiger partial charge in [0, 0.05) is 17.7 Å². The first-order valence-corrected chi connectivity index (χ1v) is 10.3. The van der Waals surface area contributed by atoms with Gasteiger partial charge in [-0.05, 0) is 36.4 Å². The number of benzene rings is 3. The van der Waals surface area contributed by atoms with Crippen molar-refractivity contribution in [3.05, 3.63) is 72.0 Å². The minimum absolute atomic E-state index is 0.172. The highest BCUT2D eigenvalue weighted by Gasteiger charge is 2.21. The predicted molar refractivity (Wildman–Crippen MR) is 118 cm³/mol. The normalized spacial score (nSPS) is 11.4. The summed E-state index contributed by atoms with van der Waals surface area (Å²) in [5.41, 5.74) is 0.797. The van der Waals surface area contributed by atoms with E-state index in [1.165, 1.54) is 51.7 Å². The standard InChI is InChI=1S/C22H21FN2O6S/c1-29-19-12-16(13-20(30-2)21(19)31-3)25(32(27)28)18-7-5-4-6-17(18)24-22(26)14-8-10-15(23)11-9-14/h4-13H,1-3H3,(H,24,26)(H,27,28)/p-1. The summed E-state index contributed by atoms with van der Waals surface area (Å²) in [7, 11) is 4.26.